The fourth-order valence-electron chi connectivity index (χ4n) is 0.410. The third kappa shape index (κ3) is 6.92. The molecule has 0 aliphatic rings. The van der Waals surface area contributed by atoms with Crippen LogP contribution in [0.25, 0.3) is 0 Å². The predicted octanol–water partition coefficient (Wildman–Crippen LogP) is 1.83. The van der Waals surface area contributed by atoms with Crippen molar-refractivity contribution in [3.8, 4) is 0 Å². The minimum atomic E-state index is 0.0928. The fourth-order valence-corrected chi connectivity index (χ4v) is 0.410. The molecule has 0 spiro atoms. The normalized spacial score (nSPS) is 12.1. The molecule has 0 saturated heterocycles. The van der Waals surface area contributed by atoms with Crippen molar-refractivity contribution >= 4 is 0 Å². The molecular weight excluding hydrogens is 124 g/mol. The Kier molecular flexibility index (Phi) is 7.06. The first-order chi connectivity index (χ1) is 4.91. The lowest BCUT2D eigenvalue weighted by atomic mass is 10.4. The highest BCUT2D eigenvalue weighted by Gasteiger charge is 1.61. The lowest BCUT2D eigenvalue weighted by molar-refractivity contribution is 0.343. The van der Waals surface area contributed by atoms with Crippen LogP contribution in [-0.4, -0.2) is 11.7 Å². The molecule has 0 aliphatic carbocycles. The molecule has 1 heteroatoms. The molecule has 0 bridgehead atoms. The van der Waals surface area contributed by atoms with Crippen molar-refractivity contribution in [2.75, 3.05) is 6.61 Å². The maximum absolute atomic E-state index is 8.31. The Labute approximate surface area is 61.7 Å². The van der Waals surface area contributed by atoms with E-state index in [1.54, 1.807) is 18.2 Å². The molecule has 1 N–H and O–H groups in total. The van der Waals surface area contributed by atoms with Gasteiger partial charge in [0.15, 0.2) is 0 Å². The molecular formula is C9H12O. The van der Waals surface area contributed by atoms with Gasteiger partial charge in [-0.25, -0.2) is 0 Å². The average Bonchev–Trinajstić information content (AvgIpc) is 1.97. The van der Waals surface area contributed by atoms with Crippen molar-refractivity contribution in [2.45, 2.75) is 0 Å². The summed E-state index contributed by atoms with van der Waals surface area (Å²) in [7, 11) is 0. The monoisotopic (exact) mass is 136 g/mol. The van der Waals surface area contributed by atoms with Crippen LogP contribution >= 0.6 is 0 Å². The molecule has 0 aromatic carbocycles. The first-order valence-corrected chi connectivity index (χ1v) is 3.13. The standard InChI is InChI=1S/C9H12O/c1-2-3-4-5-6-7-8-9-10/h2-8,10H,1,9H2. The highest BCUT2D eigenvalue weighted by Crippen LogP contribution is 1.79. The van der Waals surface area contributed by atoms with E-state index in [9.17, 15) is 0 Å². The number of hydrogen-bond acceptors (Lipinski definition) is 1. The first kappa shape index (κ1) is 8.92. The quantitative estimate of drug-likeness (QED) is 0.584. The molecule has 0 saturated carbocycles. The molecule has 0 rings (SSSR count). The van der Waals surface area contributed by atoms with Crippen LogP contribution in [0, 0.1) is 0 Å². The van der Waals surface area contributed by atoms with Gasteiger partial charge in [-0.05, 0) is 0 Å². The Bertz CT molecular complexity index is 152. The van der Waals surface area contributed by atoms with Gasteiger partial charge < -0.3 is 5.11 Å². The lowest BCUT2D eigenvalue weighted by Crippen LogP contribution is -1.66. The van der Waals surface area contributed by atoms with Crippen molar-refractivity contribution in [1.82, 2.24) is 0 Å². The summed E-state index contributed by atoms with van der Waals surface area (Å²) in [5.41, 5.74) is 0. The topological polar surface area (TPSA) is 20.2 Å². The van der Waals surface area contributed by atoms with Gasteiger partial charge in [-0.15, -0.1) is 0 Å². The van der Waals surface area contributed by atoms with E-state index in [1.807, 2.05) is 24.3 Å². The summed E-state index contributed by atoms with van der Waals surface area (Å²) in [6.45, 7) is 3.61. The van der Waals surface area contributed by atoms with E-state index in [-0.39, 0.29) is 6.61 Å². The summed E-state index contributed by atoms with van der Waals surface area (Å²) < 4.78 is 0. The van der Waals surface area contributed by atoms with E-state index in [0.717, 1.165) is 0 Å². The van der Waals surface area contributed by atoms with Gasteiger partial charge in [0.1, 0.15) is 0 Å². The van der Waals surface area contributed by atoms with Crippen LogP contribution in [0.3, 0.4) is 0 Å². The summed E-state index contributed by atoms with van der Waals surface area (Å²) in [6, 6.07) is 0. The fraction of sp³-hybridized carbons (Fsp3) is 0.111. The molecule has 1 nitrogen and oxygen atoms in total. The second-order valence-corrected chi connectivity index (χ2v) is 1.62. The zero-order chi connectivity index (χ0) is 7.66. The lowest BCUT2D eigenvalue weighted by Gasteiger charge is -1.73. The van der Waals surface area contributed by atoms with Gasteiger partial charge in [-0.3, -0.25) is 0 Å². The Morgan fingerprint density at radius 3 is 2.20 bits per heavy atom. The van der Waals surface area contributed by atoms with Crippen LogP contribution in [0.1, 0.15) is 0 Å². The molecule has 0 aliphatic heterocycles. The molecule has 10 heavy (non-hydrogen) atoms. The van der Waals surface area contributed by atoms with Crippen molar-refractivity contribution < 1.29 is 5.11 Å². The minimum absolute atomic E-state index is 0.0928. The van der Waals surface area contributed by atoms with Gasteiger partial charge in [-0.2, -0.15) is 0 Å². The number of rotatable bonds is 4. The summed E-state index contributed by atoms with van der Waals surface area (Å²) in [4.78, 5) is 0. The largest absolute Gasteiger partial charge is 0.392 e. The maximum Gasteiger partial charge on any atom is 0.0615 e. The van der Waals surface area contributed by atoms with E-state index in [1.165, 1.54) is 0 Å². The number of hydrogen-bond donors (Lipinski definition) is 1. The van der Waals surface area contributed by atoms with Crippen molar-refractivity contribution in [3.63, 3.8) is 0 Å². The van der Waals surface area contributed by atoms with Crippen LogP contribution in [0.4, 0.5) is 0 Å². The van der Waals surface area contributed by atoms with Gasteiger partial charge in [-0.1, -0.05) is 49.1 Å². The Morgan fingerprint density at radius 2 is 1.60 bits per heavy atom. The van der Waals surface area contributed by atoms with E-state index < -0.39 is 0 Å². The second-order valence-electron chi connectivity index (χ2n) is 1.62. The van der Waals surface area contributed by atoms with Crippen LogP contribution in [0.15, 0.2) is 49.1 Å². The third-order valence-corrected chi connectivity index (χ3v) is 0.822. The van der Waals surface area contributed by atoms with Gasteiger partial charge in [0.05, 0.1) is 6.61 Å². The maximum atomic E-state index is 8.31. The number of aliphatic hydroxyl groups is 1. The summed E-state index contributed by atoms with van der Waals surface area (Å²) in [5.74, 6) is 0. The molecule has 0 aromatic rings. The molecule has 0 heterocycles. The average molecular weight is 136 g/mol. The van der Waals surface area contributed by atoms with Crippen molar-refractivity contribution in [3.05, 3.63) is 49.1 Å². The first-order valence-electron chi connectivity index (χ1n) is 3.13. The second kappa shape index (κ2) is 7.92. The molecule has 0 aromatic heterocycles. The van der Waals surface area contributed by atoms with Gasteiger partial charge in [0, 0.05) is 0 Å². The van der Waals surface area contributed by atoms with Crippen LogP contribution < -0.4 is 0 Å². The molecule has 0 radical (unpaired) electrons. The smallest absolute Gasteiger partial charge is 0.0615 e. The molecule has 0 unspecified atom stereocenters. The summed E-state index contributed by atoms with van der Waals surface area (Å²) in [5, 5.41) is 8.31. The Balaban J connectivity index is 3.46. The molecule has 54 valence electrons. The van der Waals surface area contributed by atoms with Crippen LogP contribution in [-0.2, 0) is 0 Å². The van der Waals surface area contributed by atoms with Crippen molar-refractivity contribution in [1.29, 1.82) is 0 Å². The predicted molar refractivity (Wildman–Crippen MR) is 44.7 cm³/mol. The number of aliphatic hydroxyl groups excluding tert-OH is 1. The van der Waals surface area contributed by atoms with Crippen molar-refractivity contribution in [2.24, 2.45) is 0 Å². The highest BCUT2D eigenvalue weighted by molar-refractivity contribution is 5.14. The third-order valence-electron chi connectivity index (χ3n) is 0.822. The number of allylic oxidation sites excluding steroid dienone is 6. The molecule has 0 amide bonds. The van der Waals surface area contributed by atoms with Gasteiger partial charge in [0.2, 0.25) is 0 Å². The van der Waals surface area contributed by atoms with E-state index in [0.29, 0.717) is 0 Å². The SMILES string of the molecule is C=CC=CC=CC=CCO. The molecule has 0 fully saturated rings. The van der Waals surface area contributed by atoms with E-state index >= 15 is 0 Å². The zero-order valence-electron chi connectivity index (χ0n) is 5.90. The van der Waals surface area contributed by atoms with E-state index in [4.69, 9.17) is 5.11 Å². The molecule has 0 atom stereocenters. The zero-order valence-corrected chi connectivity index (χ0v) is 5.90. The van der Waals surface area contributed by atoms with Gasteiger partial charge >= 0.3 is 0 Å². The van der Waals surface area contributed by atoms with Gasteiger partial charge in [0.25, 0.3) is 0 Å². The summed E-state index contributed by atoms with van der Waals surface area (Å²) in [6.07, 6.45) is 12.6. The van der Waals surface area contributed by atoms with Crippen LogP contribution in [0.2, 0.25) is 0 Å². The highest BCUT2D eigenvalue weighted by atomic mass is 16.2. The minimum Gasteiger partial charge on any atom is -0.392 e. The van der Waals surface area contributed by atoms with E-state index in [2.05, 4.69) is 6.58 Å². The Morgan fingerprint density at radius 1 is 1.00 bits per heavy atom. The summed E-state index contributed by atoms with van der Waals surface area (Å²) >= 11 is 0. The van der Waals surface area contributed by atoms with Crippen LogP contribution in [0.5, 0.6) is 0 Å². The Hall–Kier alpha value is -1.08.